The number of nitrogens with zero attached hydrogens (tertiary/aromatic N) is 4. The van der Waals surface area contributed by atoms with Gasteiger partial charge in [0.05, 0.1) is 0 Å². The Kier molecular flexibility index (Phi) is 6.07. The average molecular weight is 413 g/mol. The first-order valence-corrected chi connectivity index (χ1v) is 9.83. The van der Waals surface area contributed by atoms with Crippen molar-refractivity contribution in [2.24, 2.45) is 0 Å². The minimum atomic E-state index is 0.0409. The number of benzene rings is 2. The molecule has 0 saturated carbocycles. The Morgan fingerprint density at radius 1 is 1.03 bits per heavy atom. The molecule has 0 unspecified atom stereocenters. The molecule has 0 spiro atoms. The molecule has 0 bridgehead atoms. The van der Waals surface area contributed by atoms with E-state index in [0.717, 1.165) is 30.9 Å². The van der Waals surface area contributed by atoms with Crippen LogP contribution in [0.2, 0.25) is 5.02 Å². The minimum absolute atomic E-state index is 0.0409. The fraction of sp³-hybridized carbons (Fsp3) is 0.286. The summed E-state index contributed by atoms with van der Waals surface area (Å²) in [5.74, 6) is 1.30. The summed E-state index contributed by atoms with van der Waals surface area (Å²) in [5, 5.41) is 8.24. The molecule has 8 heteroatoms. The van der Waals surface area contributed by atoms with Crippen molar-refractivity contribution < 1.29 is 13.9 Å². The maximum Gasteiger partial charge on any atom is 0.253 e. The first-order valence-electron chi connectivity index (χ1n) is 9.46. The number of aromatic nitrogens is 2. The number of hydrogen-bond acceptors (Lipinski definition) is 6. The molecule has 1 aromatic heterocycles. The standard InChI is InChI=1S/C21H21ClN4O3/c22-18-5-7-19(8-6-18)28-14-13-25-9-11-26(12-10-25)21(27)17-3-1-16(2-4-17)20-24-23-15-29-20/h1-8,15H,9-14H2. The molecule has 0 atom stereocenters. The highest BCUT2D eigenvalue weighted by atomic mass is 35.5. The zero-order valence-corrected chi connectivity index (χ0v) is 16.6. The number of hydrogen-bond donors (Lipinski definition) is 0. The monoisotopic (exact) mass is 412 g/mol. The number of carbonyl (C=O) groups excluding carboxylic acids is 1. The number of carbonyl (C=O) groups is 1. The second kappa shape index (κ2) is 9.07. The van der Waals surface area contributed by atoms with E-state index in [1.165, 1.54) is 6.39 Å². The van der Waals surface area contributed by atoms with Crippen molar-refractivity contribution in [1.82, 2.24) is 20.0 Å². The van der Waals surface area contributed by atoms with Crippen molar-refractivity contribution in [3.8, 4) is 17.2 Å². The van der Waals surface area contributed by atoms with Crippen molar-refractivity contribution in [2.45, 2.75) is 0 Å². The summed E-state index contributed by atoms with van der Waals surface area (Å²) in [6.07, 6.45) is 1.29. The Labute approximate surface area is 173 Å². The van der Waals surface area contributed by atoms with E-state index in [-0.39, 0.29) is 5.91 Å². The number of ether oxygens (including phenoxy) is 1. The molecule has 1 aliphatic rings. The van der Waals surface area contributed by atoms with E-state index in [9.17, 15) is 4.79 Å². The molecule has 2 heterocycles. The SMILES string of the molecule is O=C(c1ccc(-c2nnco2)cc1)N1CCN(CCOc2ccc(Cl)cc2)CC1. The van der Waals surface area contributed by atoms with Crippen LogP contribution in [0.4, 0.5) is 0 Å². The van der Waals surface area contributed by atoms with Gasteiger partial charge in [-0.2, -0.15) is 0 Å². The van der Waals surface area contributed by atoms with Gasteiger partial charge in [-0.15, -0.1) is 10.2 Å². The van der Waals surface area contributed by atoms with Crippen LogP contribution in [0.25, 0.3) is 11.5 Å². The normalized spacial score (nSPS) is 14.7. The van der Waals surface area contributed by atoms with Crippen LogP contribution < -0.4 is 4.74 Å². The van der Waals surface area contributed by atoms with Gasteiger partial charge in [0.1, 0.15) is 12.4 Å². The summed E-state index contributed by atoms with van der Waals surface area (Å²) in [6.45, 7) is 4.48. The summed E-state index contributed by atoms with van der Waals surface area (Å²) in [7, 11) is 0. The van der Waals surface area contributed by atoms with Crippen LogP contribution in [0.15, 0.2) is 59.3 Å². The maximum atomic E-state index is 12.8. The van der Waals surface area contributed by atoms with E-state index >= 15 is 0 Å². The van der Waals surface area contributed by atoms with Crippen LogP contribution in [-0.4, -0.2) is 65.2 Å². The predicted molar refractivity (Wildman–Crippen MR) is 109 cm³/mol. The highest BCUT2D eigenvalue weighted by molar-refractivity contribution is 6.30. The van der Waals surface area contributed by atoms with Gasteiger partial charge in [0, 0.05) is 48.9 Å². The van der Waals surface area contributed by atoms with Gasteiger partial charge < -0.3 is 14.1 Å². The molecule has 7 nitrogen and oxygen atoms in total. The molecule has 150 valence electrons. The third kappa shape index (κ3) is 4.93. The maximum absolute atomic E-state index is 12.8. The van der Waals surface area contributed by atoms with Gasteiger partial charge in [0.15, 0.2) is 0 Å². The number of amides is 1. The summed E-state index contributed by atoms with van der Waals surface area (Å²) in [5.41, 5.74) is 1.46. The number of piperazine rings is 1. The Bertz CT molecular complexity index is 922. The van der Waals surface area contributed by atoms with Crippen LogP contribution in [-0.2, 0) is 0 Å². The Hall–Kier alpha value is -2.90. The van der Waals surface area contributed by atoms with Gasteiger partial charge in [-0.3, -0.25) is 9.69 Å². The summed E-state index contributed by atoms with van der Waals surface area (Å²) >= 11 is 5.88. The third-order valence-electron chi connectivity index (χ3n) is 4.89. The molecule has 4 rings (SSSR count). The molecule has 0 aliphatic carbocycles. The van der Waals surface area contributed by atoms with Crippen LogP contribution in [0, 0.1) is 0 Å². The Balaban J connectivity index is 1.23. The molecular weight excluding hydrogens is 392 g/mol. The molecule has 0 N–H and O–H groups in total. The number of halogens is 1. The minimum Gasteiger partial charge on any atom is -0.492 e. The van der Waals surface area contributed by atoms with E-state index in [0.29, 0.717) is 36.2 Å². The molecule has 1 amide bonds. The topological polar surface area (TPSA) is 71.7 Å². The molecule has 1 fully saturated rings. The van der Waals surface area contributed by atoms with Crippen molar-refractivity contribution >= 4 is 17.5 Å². The zero-order chi connectivity index (χ0) is 20.1. The first-order chi connectivity index (χ1) is 14.2. The van der Waals surface area contributed by atoms with Crippen molar-refractivity contribution in [1.29, 1.82) is 0 Å². The van der Waals surface area contributed by atoms with E-state index in [1.807, 2.05) is 41.3 Å². The van der Waals surface area contributed by atoms with Gasteiger partial charge in [0.25, 0.3) is 5.91 Å². The molecule has 0 radical (unpaired) electrons. The van der Waals surface area contributed by atoms with Crippen molar-refractivity contribution in [3.63, 3.8) is 0 Å². The Morgan fingerprint density at radius 2 is 1.76 bits per heavy atom. The van der Waals surface area contributed by atoms with Gasteiger partial charge >= 0.3 is 0 Å². The third-order valence-corrected chi connectivity index (χ3v) is 5.14. The van der Waals surface area contributed by atoms with Crippen molar-refractivity contribution in [3.05, 3.63) is 65.5 Å². The van der Waals surface area contributed by atoms with E-state index in [4.69, 9.17) is 20.8 Å². The van der Waals surface area contributed by atoms with Gasteiger partial charge in [-0.25, -0.2) is 0 Å². The number of rotatable bonds is 6. The summed E-state index contributed by atoms with van der Waals surface area (Å²) < 4.78 is 10.9. The second-order valence-corrected chi connectivity index (χ2v) is 7.19. The molecule has 1 saturated heterocycles. The fourth-order valence-corrected chi connectivity index (χ4v) is 3.36. The summed E-state index contributed by atoms with van der Waals surface area (Å²) in [6, 6.07) is 14.6. The fourth-order valence-electron chi connectivity index (χ4n) is 3.23. The second-order valence-electron chi connectivity index (χ2n) is 6.76. The van der Waals surface area contributed by atoms with Crippen LogP contribution >= 0.6 is 11.6 Å². The van der Waals surface area contributed by atoms with Gasteiger partial charge in [0.2, 0.25) is 12.3 Å². The van der Waals surface area contributed by atoms with Crippen molar-refractivity contribution in [2.75, 3.05) is 39.3 Å². The zero-order valence-electron chi connectivity index (χ0n) is 15.8. The lowest BCUT2D eigenvalue weighted by molar-refractivity contribution is 0.0620. The van der Waals surface area contributed by atoms with Crippen LogP contribution in [0.3, 0.4) is 0 Å². The highest BCUT2D eigenvalue weighted by Crippen LogP contribution is 2.18. The van der Waals surface area contributed by atoms with E-state index in [2.05, 4.69) is 15.1 Å². The quantitative estimate of drug-likeness (QED) is 0.619. The molecular formula is C21H21ClN4O3. The Morgan fingerprint density at radius 3 is 2.41 bits per heavy atom. The van der Waals surface area contributed by atoms with Crippen LogP contribution in [0.5, 0.6) is 5.75 Å². The predicted octanol–water partition coefficient (Wildman–Crippen LogP) is 3.23. The van der Waals surface area contributed by atoms with E-state index < -0.39 is 0 Å². The molecule has 3 aromatic rings. The van der Waals surface area contributed by atoms with Gasteiger partial charge in [-0.1, -0.05) is 11.6 Å². The molecule has 29 heavy (non-hydrogen) atoms. The lowest BCUT2D eigenvalue weighted by Gasteiger charge is -2.34. The lowest BCUT2D eigenvalue weighted by atomic mass is 10.1. The van der Waals surface area contributed by atoms with Crippen LogP contribution in [0.1, 0.15) is 10.4 Å². The highest BCUT2D eigenvalue weighted by Gasteiger charge is 2.22. The first kappa shape index (κ1) is 19.4. The molecule has 2 aromatic carbocycles. The van der Waals surface area contributed by atoms with E-state index in [1.54, 1.807) is 12.1 Å². The average Bonchev–Trinajstić information content (AvgIpc) is 3.30. The summed E-state index contributed by atoms with van der Waals surface area (Å²) in [4.78, 5) is 16.9. The smallest absolute Gasteiger partial charge is 0.253 e. The van der Waals surface area contributed by atoms with Gasteiger partial charge in [-0.05, 0) is 48.5 Å². The molecule has 1 aliphatic heterocycles. The largest absolute Gasteiger partial charge is 0.492 e. The lowest BCUT2D eigenvalue weighted by Crippen LogP contribution is -2.49.